The van der Waals surface area contributed by atoms with Crippen LogP contribution in [0, 0.1) is 0 Å². The minimum atomic E-state index is 0.178. The molecule has 1 heterocycles. The molecule has 0 amide bonds. The van der Waals surface area contributed by atoms with Crippen molar-refractivity contribution in [3.63, 3.8) is 0 Å². The summed E-state index contributed by atoms with van der Waals surface area (Å²) < 4.78 is 2.08. The quantitative estimate of drug-likeness (QED) is 0.841. The van der Waals surface area contributed by atoms with Crippen LogP contribution >= 0.6 is 0 Å². The van der Waals surface area contributed by atoms with Crippen molar-refractivity contribution in [2.24, 2.45) is 7.05 Å². The van der Waals surface area contributed by atoms with E-state index in [9.17, 15) is 0 Å². The van der Waals surface area contributed by atoms with Gasteiger partial charge in [0, 0.05) is 37.6 Å². The first kappa shape index (κ1) is 15.2. The lowest BCUT2D eigenvalue weighted by molar-refractivity contribution is 0.203. The topological polar surface area (TPSA) is 33.1 Å². The van der Waals surface area contributed by atoms with Crippen LogP contribution in [0.5, 0.6) is 0 Å². The van der Waals surface area contributed by atoms with E-state index in [1.807, 2.05) is 19.4 Å². The summed E-state index contributed by atoms with van der Waals surface area (Å²) in [6.07, 6.45) is 5.00. The van der Waals surface area contributed by atoms with E-state index in [4.69, 9.17) is 0 Å². The van der Waals surface area contributed by atoms with Crippen LogP contribution in [0.15, 0.2) is 12.4 Å². The number of aromatic nitrogens is 2. The normalized spacial score (nSPS) is 14.2. The van der Waals surface area contributed by atoms with Gasteiger partial charge in [0.05, 0.1) is 6.54 Å². The summed E-state index contributed by atoms with van der Waals surface area (Å²) in [6.45, 7) is 10.8. The minimum Gasteiger partial charge on any atom is -0.337 e. The summed E-state index contributed by atoms with van der Waals surface area (Å²) in [4.78, 5) is 6.76. The van der Waals surface area contributed by atoms with Crippen LogP contribution in [-0.4, -0.2) is 39.6 Å². The lowest BCUT2D eigenvalue weighted by Gasteiger charge is -2.30. The Kier molecular flexibility index (Phi) is 5.35. The van der Waals surface area contributed by atoms with E-state index >= 15 is 0 Å². The third kappa shape index (κ3) is 4.78. The molecular formula is C14H28N4. The Bertz CT molecular complexity index is 351. The van der Waals surface area contributed by atoms with Crippen molar-refractivity contribution in [1.29, 1.82) is 0 Å². The first-order chi connectivity index (χ1) is 8.33. The van der Waals surface area contributed by atoms with E-state index in [2.05, 4.69) is 54.5 Å². The molecule has 0 aliphatic rings. The molecule has 1 unspecified atom stereocenters. The van der Waals surface area contributed by atoms with Crippen molar-refractivity contribution in [3.05, 3.63) is 18.2 Å². The zero-order valence-corrected chi connectivity index (χ0v) is 12.7. The first-order valence-corrected chi connectivity index (χ1v) is 6.75. The van der Waals surface area contributed by atoms with E-state index in [0.717, 1.165) is 25.3 Å². The number of likely N-dealkylation sites (N-methyl/N-ethyl adjacent to an activating group) is 1. The smallest absolute Gasteiger partial charge is 0.122 e. The zero-order valence-electron chi connectivity index (χ0n) is 12.7. The fraction of sp³-hybridized carbons (Fsp3) is 0.786. The summed E-state index contributed by atoms with van der Waals surface area (Å²) in [7, 11) is 4.22. The summed E-state index contributed by atoms with van der Waals surface area (Å²) in [5, 5.41) is 3.58. The Morgan fingerprint density at radius 2 is 2.11 bits per heavy atom. The van der Waals surface area contributed by atoms with Crippen LogP contribution in [0.4, 0.5) is 0 Å². The molecule has 0 saturated heterocycles. The molecule has 0 bridgehead atoms. The third-order valence-electron chi connectivity index (χ3n) is 3.27. The van der Waals surface area contributed by atoms with Gasteiger partial charge >= 0.3 is 0 Å². The standard InChI is InChI=1S/C14H28N4/c1-7-12(10-16-14(2,3)4)18(6)11-13-15-8-9-17(13)5/h8-9,12,16H,7,10-11H2,1-6H3. The van der Waals surface area contributed by atoms with Crippen LogP contribution in [0.3, 0.4) is 0 Å². The molecule has 0 aliphatic heterocycles. The predicted octanol–water partition coefficient (Wildman–Crippen LogP) is 2.02. The van der Waals surface area contributed by atoms with Gasteiger partial charge in [-0.3, -0.25) is 4.90 Å². The summed E-state index contributed by atoms with van der Waals surface area (Å²) in [5.41, 5.74) is 0.178. The van der Waals surface area contributed by atoms with Crippen LogP contribution in [0.1, 0.15) is 39.9 Å². The molecule has 0 aromatic carbocycles. The van der Waals surface area contributed by atoms with Crippen molar-refractivity contribution in [2.75, 3.05) is 13.6 Å². The van der Waals surface area contributed by atoms with E-state index in [1.54, 1.807) is 0 Å². The molecule has 18 heavy (non-hydrogen) atoms. The highest BCUT2D eigenvalue weighted by molar-refractivity contribution is 4.91. The highest BCUT2D eigenvalue weighted by Crippen LogP contribution is 2.08. The molecule has 0 saturated carbocycles. The van der Waals surface area contributed by atoms with Crippen LogP contribution in [0.25, 0.3) is 0 Å². The number of nitrogens with one attached hydrogen (secondary N) is 1. The van der Waals surface area contributed by atoms with E-state index in [-0.39, 0.29) is 5.54 Å². The molecule has 1 aromatic rings. The van der Waals surface area contributed by atoms with Gasteiger partial charge in [0.2, 0.25) is 0 Å². The van der Waals surface area contributed by atoms with Gasteiger partial charge in [-0.05, 0) is 34.2 Å². The van der Waals surface area contributed by atoms with Crippen molar-refractivity contribution in [1.82, 2.24) is 19.8 Å². The van der Waals surface area contributed by atoms with Crippen molar-refractivity contribution >= 4 is 0 Å². The molecule has 1 atom stereocenters. The summed E-state index contributed by atoms with van der Waals surface area (Å²) >= 11 is 0. The molecule has 4 nitrogen and oxygen atoms in total. The lowest BCUT2D eigenvalue weighted by Crippen LogP contribution is -2.46. The van der Waals surface area contributed by atoms with Crippen LogP contribution < -0.4 is 5.32 Å². The van der Waals surface area contributed by atoms with Gasteiger partial charge in [-0.15, -0.1) is 0 Å². The second-order valence-corrected chi connectivity index (χ2v) is 6.06. The van der Waals surface area contributed by atoms with E-state index < -0.39 is 0 Å². The number of rotatable bonds is 6. The van der Waals surface area contributed by atoms with Gasteiger partial charge in [-0.25, -0.2) is 4.98 Å². The first-order valence-electron chi connectivity index (χ1n) is 6.75. The molecule has 0 aliphatic carbocycles. The molecule has 0 fully saturated rings. The van der Waals surface area contributed by atoms with Crippen molar-refractivity contribution < 1.29 is 0 Å². The zero-order chi connectivity index (χ0) is 13.8. The summed E-state index contributed by atoms with van der Waals surface area (Å²) in [6, 6.07) is 0.543. The fourth-order valence-electron chi connectivity index (χ4n) is 1.94. The van der Waals surface area contributed by atoms with Gasteiger partial charge in [-0.2, -0.15) is 0 Å². The maximum Gasteiger partial charge on any atom is 0.122 e. The van der Waals surface area contributed by atoms with Crippen molar-refractivity contribution in [3.8, 4) is 0 Å². The van der Waals surface area contributed by atoms with E-state index in [1.165, 1.54) is 0 Å². The van der Waals surface area contributed by atoms with Crippen molar-refractivity contribution in [2.45, 2.75) is 52.2 Å². The molecular weight excluding hydrogens is 224 g/mol. The second kappa shape index (κ2) is 6.34. The number of imidazole rings is 1. The van der Waals surface area contributed by atoms with Gasteiger partial charge < -0.3 is 9.88 Å². The molecule has 1 aromatic heterocycles. The number of nitrogens with zero attached hydrogens (tertiary/aromatic N) is 3. The van der Waals surface area contributed by atoms with Gasteiger partial charge in [0.15, 0.2) is 0 Å². The summed E-state index contributed by atoms with van der Waals surface area (Å²) in [5.74, 6) is 1.12. The predicted molar refractivity (Wildman–Crippen MR) is 76.5 cm³/mol. The Hall–Kier alpha value is -0.870. The number of hydrogen-bond donors (Lipinski definition) is 1. The highest BCUT2D eigenvalue weighted by Gasteiger charge is 2.17. The Balaban J connectivity index is 2.52. The molecule has 104 valence electrons. The van der Waals surface area contributed by atoms with Gasteiger partial charge in [0.1, 0.15) is 5.82 Å². The second-order valence-electron chi connectivity index (χ2n) is 6.06. The molecule has 0 spiro atoms. The van der Waals surface area contributed by atoms with Gasteiger partial charge in [0.25, 0.3) is 0 Å². The number of aryl methyl sites for hydroxylation is 1. The Morgan fingerprint density at radius 1 is 1.44 bits per heavy atom. The highest BCUT2D eigenvalue weighted by atomic mass is 15.2. The Morgan fingerprint density at radius 3 is 2.56 bits per heavy atom. The molecule has 4 heteroatoms. The molecule has 0 radical (unpaired) electrons. The maximum atomic E-state index is 4.38. The fourth-order valence-corrected chi connectivity index (χ4v) is 1.94. The lowest BCUT2D eigenvalue weighted by atomic mass is 10.1. The van der Waals surface area contributed by atoms with Crippen LogP contribution in [-0.2, 0) is 13.6 Å². The van der Waals surface area contributed by atoms with Gasteiger partial charge in [-0.1, -0.05) is 6.92 Å². The monoisotopic (exact) mass is 252 g/mol. The average Bonchev–Trinajstić information content (AvgIpc) is 2.63. The average molecular weight is 252 g/mol. The maximum absolute atomic E-state index is 4.38. The molecule has 1 N–H and O–H groups in total. The van der Waals surface area contributed by atoms with E-state index in [0.29, 0.717) is 6.04 Å². The minimum absolute atomic E-state index is 0.178. The Labute approximate surface area is 111 Å². The molecule has 1 rings (SSSR count). The number of hydrogen-bond acceptors (Lipinski definition) is 3. The van der Waals surface area contributed by atoms with Crippen LogP contribution in [0.2, 0.25) is 0 Å². The SMILES string of the molecule is CCC(CNC(C)(C)C)N(C)Cc1nccn1C. The third-order valence-corrected chi connectivity index (χ3v) is 3.27. The largest absolute Gasteiger partial charge is 0.337 e.